The predicted molar refractivity (Wildman–Crippen MR) is 39.9 cm³/mol. The Labute approximate surface area is 65.6 Å². The molecule has 11 heavy (non-hydrogen) atoms. The highest BCUT2D eigenvalue weighted by Crippen LogP contribution is 2.47. The van der Waals surface area contributed by atoms with E-state index in [0.29, 0.717) is 11.8 Å². The molecule has 0 aromatic carbocycles. The molecule has 2 bridgehead atoms. The molecule has 0 aliphatic heterocycles. The van der Waals surface area contributed by atoms with Crippen LogP contribution in [0, 0.1) is 17.8 Å². The van der Waals surface area contributed by atoms with Crippen LogP contribution in [0.1, 0.15) is 19.3 Å². The van der Waals surface area contributed by atoms with Gasteiger partial charge in [-0.15, -0.1) is 0 Å². The molecule has 4 atom stereocenters. The van der Waals surface area contributed by atoms with E-state index < -0.39 is 5.97 Å². The first-order chi connectivity index (χ1) is 5.20. The summed E-state index contributed by atoms with van der Waals surface area (Å²) in [6.07, 6.45) is 3.28. The van der Waals surface area contributed by atoms with Crippen LogP contribution in [0.25, 0.3) is 0 Å². The summed E-state index contributed by atoms with van der Waals surface area (Å²) in [5.41, 5.74) is 5.78. The van der Waals surface area contributed by atoms with Crippen LogP contribution in [-0.2, 0) is 4.79 Å². The fraction of sp³-hybridized carbons (Fsp3) is 0.875. The van der Waals surface area contributed by atoms with E-state index in [1.54, 1.807) is 0 Å². The van der Waals surface area contributed by atoms with Crippen LogP contribution in [0.2, 0.25) is 0 Å². The maximum absolute atomic E-state index is 10.7. The third-order valence-electron chi connectivity index (χ3n) is 3.27. The van der Waals surface area contributed by atoms with Crippen molar-refractivity contribution in [1.29, 1.82) is 0 Å². The van der Waals surface area contributed by atoms with Gasteiger partial charge in [-0.1, -0.05) is 0 Å². The van der Waals surface area contributed by atoms with E-state index in [1.165, 1.54) is 0 Å². The van der Waals surface area contributed by atoms with E-state index in [-0.39, 0.29) is 12.0 Å². The number of fused-ring (bicyclic) bond motifs is 2. The Morgan fingerprint density at radius 1 is 1.36 bits per heavy atom. The van der Waals surface area contributed by atoms with Gasteiger partial charge in [-0.2, -0.15) is 0 Å². The Morgan fingerprint density at radius 2 is 2.00 bits per heavy atom. The normalized spacial score (nSPS) is 48.1. The molecule has 0 aromatic heterocycles. The van der Waals surface area contributed by atoms with E-state index in [1.807, 2.05) is 0 Å². The SMILES string of the molecule is N[C@@H]1[C@@H]2CC[C@@H](C2)[C@H]1C(=O)O. The molecule has 62 valence electrons. The fourth-order valence-electron chi connectivity index (χ4n) is 2.70. The molecule has 0 unspecified atom stereocenters. The van der Waals surface area contributed by atoms with Gasteiger partial charge in [0.25, 0.3) is 0 Å². The lowest BCUT2D eigenvalue weighted by Crippen LogP contribution is -2.40. The van der Waals surface area contributed by atoms with Gasteiger partial charge < -0.3 is 10.8 Å². The lowest BCUT2D eigenvalue weighted by molar-refractivity contribution is -0.144. The zero-order valence-corrected chi connectivity index (χ0v) is 6.36. The monoisotopic (exact) mass is 155 g/mol. The number of rotatable bonds is 1. The third kappa shape index (κ3) is 0.872. The van der Waals surface area contributed by atoms with Crippen LogP contribution < -0.4 is 5.73 Å². The second kappa shape index (κ2) is 2.21. The summed E-state index contributed by atoms with van der Waals surface area (Å²) in [5.74, 6) is -0.0490. The lowest BCUT2D eigenvalue weighted by Gasteiger charge is -2.23. The standard InChI is InChI=1S/C8H13NO2/c9-7-5-2-1-4(3-5)6(7)8(10)11/h4-7H,1-3,9H2,(H,10,11)/t4-,5+,6+,7+/m0/s1. The van der Waals surface area contributed by atoms with Crippen LogP contribution in [0.4, 0.5) is 0 Å². The van der Waals surface area contributed by atoms with Crippen LogP contribution >= 0.6 is 0 Å². The third-order valence-corrected chi connectivity index (χ3v) is 3.27. The lowest BCUT2D eigenvalue weighted by atomic mass is 9.85. The molecule has 2 fully saturated rings. The molecule has 0 heterocycles. The maximum Gasteiger partial charge on any atom is 0.308 e. The summed E-state index contributed by atoms with van der Waals surface area (Å²) in [5, 5.41) is 8.83. The molecule has 3 heteroatoms. The average molecular weight is 155 g/mol. The van der Waals surface area contributed by atoms with Crippen molar-refractivity contribution in [3.05, 3.63) is 0 Å². The summed E-state index contributed by atoms with van der Waals surface area (Å²) in [4.78, 5) is 10.7. The Balaban J connectivity index is 2.17. The highest BCUT2D eigenvalue weighted by molar-refractivity contribution is 5.72. The van der Waals surface area contributed by atoms with Gasteiger partial charge in [0.1, 0.15) is 0 Å². The topological polar surface area (TPSA) is 63.3 Å². The number of hydrogen-bond donors (Lipinski definition) is 2. The second-order valence-electron chi connectivity index (χ2n) is 3.77. The molecule has 0 radical (unpaired) electrons. The van der Waals surface area contributed by atoms with Gasteiger partial charge in [0, 0.05) is 6.04 Å². The minimum Gasteiger partial charge on any atom is -0.481 e. The average Bonchev–Trinajstić information content (AvgIpc) is 2.44. The first kappa shape index (κ1) is 7.10. The smallest absolute Gasteiger partial charge is 0.308 e. The zero-order valence-electron chi connectivity index (χ0n) is 6.36. The van der Waals surface area contributed by atoms with Crippen molar-refractivity contribution in [2.75, 3.05) is 0 Å². The highest BCUT2D eigenvalue weighted by atomic mass is 16.4. The Kier molecular flexibility index (Phi) is 1.42. The molecule has 2 aliphatic rings. The molecular weight excluding hydrogens is 142 g/mol. The van der Waals surface area contributed by atoms with Gasteiger partial charge in [-0.25, -0.2) is 0 Å². The molecule has 0 aromatic rings. The number of carbonyl (C=O) groups is 1. The van der Waals surface area contributed by atoms with Gasteiger partial charge in [0.2, 0.25) is 0 Å². The van der Waals surface area contributed by atoms with Crippen LogP contribution in [-0.4, -0.2) is 17.1 Å². The van der Waals surface area contributed by atoms with Crippen molar-refractivity contribution < 1.29 is 9.90 Å². The van der Waals surface area contributed by atoms with Crippen molar-refractivity contribution in [3.63, 3.8) is 0 Å². The van der Waals surface area contributed by atoms with Crippen molar-refractivity contribution in [2.45, 2.75) is 25.3 Å². The van der Waals surface area contributed by atoms with E-state index in [2.05, 4.69) is 0 Å². The summed E-state index contributed by atoms with van der Waals surface area (Å²) >= 11 is 0. The maximum atomic E-state index is 10.7. The van der Waals surface area contributed by atoms with Crippen LogP contribution in [0.3, 0.4) is 0 Å². The number of hydrogen-bond acceptors (Lipinski definition) is 2. The Hall–Kier alpha value is -0.570. The van der Waals surface area contributed by atoms with Gasteiger partial charge in [0.05, 0.1) is 5.92 Å². The number of aliphatic carboxylic acids is 1. The minimum absolute atomic E-state index is 0.0637. The number of carboxylic acid groups (broad SMARTS) is 1. The molecule has 3 nitrogen and oxygen atoms in total. The summed E-state index contributed by atoms with van der Waals surface area (Å²) in [6, 6.07) is -0.0637. The molecule has 0 spiro atoms. The zero-order chi connectivity index (χ0) is 8.01. The first-order valence-corrected chi connectivity index (χ1v) is 4.18. The second-order valence-corrected chi connectivity index (χ2v) is 3.77. The number of carboxylic acids is 1. The highest BCUT2D eigenvalue weighted by Gasteiger charge is 2.49. The Bertz CT molecular complexity index is 191. The Morgan fingerprint density at radius 3 is 2.36 bits per heavy atom. The van der Waals surface area contributed by atoms with Gasteiger partial charge in [0.15, 0.2) is 0 Å². The van der Waals surface area contributed by atoms with Crippen LogP contribution in [0.5, 0.6) is 0 Å². The van der Waals surface area contributed by atoms with Gasteiger partial charge in [-0.3, -0.25) is 4.79 Å². The molecule has 2 saturated carbocycles. The van der Waals surface area contributed by atoms with Crippen molar-refractivity contribution in [2.24, 2.45) is 23.5 Å². The van der Waals surface area contributed by atoms with Crippen molar-refractivity contribution in [1.82, 2.24) is 0 Å². The van der Waals surface area contributed by atoms with Crippen LogP contribution in [0.15, 0.2) is 0 Å². The fourth-order valence-corrected chi connectivity index (χ4v) is 2.70. The summed E-state index contributed by atoms with van der Waals surface area (Å²) in [7, 11) is 0. The predicted octanol–water partition coefficient (Wildman–Crippen LogP) is 0.444. The molecule has 2 aliphatic carbocycles. The van der Waals surface area contributed by atoms with Crippen molar-refractivity contribution >= 4 is 5.97 Å². The molecule has 2 rings (SSSR count). The van der Waals surface area contributed by atoms with E-state index >= 15 is 0 Å². The summed E-state index contributed by atoms with van der Waals surface area (Å²) < 4.78 is 0. The quantitative estimate of drug-likeness (QED) is 0.577. The minimum atomic E-state index is -0.690. The molecule has 0 amide bonds. The van der Waals surface area contributed by atoms with Crippen molar-refractivity contribution in [3.8, 4) is 0 Å². The first-order valence-electron chi connectivity index (χ1n) is 4.18. The van der Waals surface area contributed by atoms with E-state index in [9.17, 15) is 4.79 Å². The van der Waals surface area contributed by atoms with E-state index in [4.69, 9.17) is 10.8 Å². The molecule has 3 N–H and O–H groups in total. The van der Waals surface area contributed by atoms with E-state index in [0.717, 1.165) is 19.3 Å². The van der Waals surface area contributed by atoms with Gasteiger partial charge in [-0.05, 0) is 31.1 Å². The van der Waals surface area contributed by atoms with Gasteiger partial charge >= 0.3 is 5.97 Å². The molecular formula is C8H13NO2. The largest absolute Gasteiger partial charge is 0.481 e. The summed E-state index contributed by atoms with van der Waals surface area (Å²) in [6.45, 7) is 0. The molecule has 0 saturated heterocycles. The number of nitrogens with two attached hydrogens (primary N) is 1.